The van der Waals surface area contributed by atoms with Crippen LogP contribution in [0.1, 0.15) is 46.5 Å². The van der Waals surface area contributed by atoms with Crippen LogP contribution in [0.15, 0.2) is 0 Å². The van der Waals surface area contributed by atoms with Crippen molar-refractivity contribution in [2.75, 3.05) is 13.1 Å². The highest BCUT2D eigenvalue weighted by molar-refractivity contribution is 5.19. The van der Waals surface area contributed by atoms with Crippen LogP contribution in [-0.2, 0) is 0 Å². The summed E-state index contributed by atoms with van der Waals surface area (Å²) in [4.78, 5) is 2.91. The molecule has 2 nitrogen and oxygen atoms in total. The van der Waals surface area contributed by atoms with Crippen LogP contribution >= 0.6 is 0 Å². The third kappa shape index (κ3) is 1.54. The van der Waals surface area contributed by atoms with E-state index in [-0.39, 0.29) is 0 Å². The van der Waals surface area contributed by atoms with Gasteiger partial charge in [-0.15, -0.1) is 0 Å². The van der Waals surface area contributed by atoms with Crippen LogP contribution in [0, 0.1) is 23.7 Å². The Bertz CT molecular complexity index is 335. The Labute approximate surface area is 111 Å². The normalized spacial score (nSPS) is 53.5. The van der Waals surface area contributed by atoms with E-state index in [9.17, 15) is 0 Å². The molecule has 3 aliphatic carbocycles. The smallest absolute Gasteiger partial charge is 0.0253 e. The summed E-state index contributed by atoms with van der Waals surface area (Å²) in [5.41, 5.74) is 0.321. The summed E-state index contributed by atoms with van der Waals surface area (Å²) < 4.78 is 0. The van der Waals surface area contributed by atoms with Gasteiger partial charge in [-0.1, -0.05) is 6.92 Å². The minimum Gasteiger partial charge on any atom is -0.309 e. The molecule has 4 aliphatic rings. The molecule has 4 rings (SSSR count). The second kappa shape index (κ2) is 3.73. The molecule has 102 valence electrons. The lowest BCUT2D eigenvalue weighted by atomic mass is 9.95. The van der Waals surface area contributed by atoms with Gasteiger partial charge in [-0.2, -0.15) is 0 Å². The van der Waals surface area contributed by atoms with Crippen molar-refractivity contribution >= 4 is 0 Å². The maximum absolute atomic E-state index is 3.73. The molecule has 1 N–H and O–H groups in total. The van der Waals surface area contributed by atoms with Crippen LogP contribution in [0.2, 0.25) is 0 Å². The molecule has 18 heavy (non-hydrogen) atoms. The van der Waals surface area contributed by atoms with E-state index in [0.29, 0.717) is 5.54 Å². The van der Waals surface area contributed by atoms with Gasteiger partial charge >= 0.3 is 0 Å². The third-order valence-corrected chi connectivity index (χ3v) is 6.41. The Kier molecular flexibility index (Phi) is 2.43. The van der Waals surface area contributed by atoms with Crippen LogP contribution in [0.3, 0.4) is 0 Å². The van der Waals surface area contributed by atoms with E-state index >= 15 is 0 Å². The molecule has 5 atom stereocenters. The molecule has 0 aromatic heterocycles. The largest absolute Gasteiger partial charge is 0.309 e. The number of fused-ring (bicyclic) bond motifs is 5. The van der Waals surface area contributed by atoms with Gasteiger partial charge in [-0.3, -0.25) is 4.90 Å². The quantitative estimate of drug-likeness (QED) is 0.808. The first-order chi connectivity index (χ1) is 8.61. The monoisotopic (exact) mass is 248 g/mol. The SMILES string of the molecule is CCC1CNC(C)(C)CN1C1C2C3CCC(C3)C21. The number of nitrogens with one attached hydrogen (secondary N) is 1. The van der Waals surface area contributed by atoms with E-state index in [1.807, 2.05) is 0 Å². The lowest BCUT2D eigenvalue weighted by Gasteiger charge is -2.45. The molecule has 1 saturated heterocycles. The first-order valence-electron chi connectivity index (χ1n) is 8.11. The van der Waals surface area contributed by atoms with E-state index < -0.39 is 0 Å². The van der Waals surface area contributed by atoms with Gasteiger partial charge in [0.1, 0.15) is 0 Å². The van der Waals surface area contributed by atoms with Gasteiger partial charge in [0.2, 0.25) is 0 Å². The van der Waals surface area contributed by atoms with Crippen LogP contribution in [0.4, 0.5) is 0 Å². The molecule has 0 spiro atoms. The van der Waals surface area contributed by atoms with Crippen molar-refractivity contribution in [1.29, 1.82) is 0 Å². The van der Waals surface area contributed by atoms with E-state index in [0.717, 1.165) is 35.8 Å². The predicted octanol–water partition coefficient (Wildman–Crippen LogP) is 2.49. The maximum Gasteiger partial charge on any atom is 0.0253 e. The highest BCUT2D eigenvalue weighted by atomic mass is 15.3. The van der Waals surface area contributed by atoms with Crippen LogP contribution < -0.4 is 5.32 Å². The lowest BCUT2D eigenvalue weighted by molar-refractivity contribution is 0.0690. The van der Waals surface area contributed by atoms with Crippen LogP contribution in [0.5, 0.6) is 0 Å². The van der Waals surface area contributed by atoms with Crippen molar-refractivity contribution in [3.63, 3.8) is 0 Å². The van der Waals surface area contributed by atoms with Gasteiger partial charge in [-0.25, -0.2) is 0 Å². The Balaban J connectivity index is 1.53. The van der Waals surface area contributed by atoms with E-state index in [1.54, 1.807) is 19.3 Å². The van der Waals surface area contributed by atoms with E-state index in [2.05, 4.69) is 31.0 Å². The fraction of sp³-hybridized carbons (Fsp3) is 1.00. The van der Waals surface area contributed by atoms with Crippen molar-refractivity contribution in [2.45, 2.75) is 64.1 Å². The summed E-state index contributed by atoms with van der Waals surface area (Å²) in [6.07, 6.45) is 6.00. The van der Waals surface area contributed by atoms with Crippen molar-refractivity contribution in [3.8, 4) is 0 Å². The first-order valence-corrected chi connectivity index (χ1v) is 8.11. The van der Waals surface area contributed by atoms with Gasteiger partial charge in [0, 0.05) is 30.7 Å². The van der Waals surface area contributed by atoms with E-state index in [1.165, 1.54) is 19.5 Å². The van der Waals surface area contributed by atoms with Crippen molar-refractivity contribution < 1.29 is 0 Å². The molecule has 0 amide bonds. The molecule has 4 fully saturated rings. The predicted molar refractivity (Wildman–Crippen MR) is 74.5 cm³/mol. The van der Waals surface area contributed by atoms with Crippen molar-refractivity contribution in [2.24, 2.45) is 23.7 Å². The van der Waals surface area contributed by atoms with Gasteiger partial charge in [0.25, 0.3) is 0 Å². The summed E-state index contributed by atoms with van der Waals surface area (Å²) in [5.74, 6) is 4.43. The summed E-state index contributed by atoms with van der Waals surface area (Å²) in [6.45, 7) is 9.58. The fourth-order valence-corrected chi connectivity index (χ4v) is 5.60. The fourth-order valence-electron chi connectivity index (χ4n) is 5.60. The second-order valence-corrected chi connectivity index (χ2v) is 7.98. The zero-order valence-electron chi connectivity index (χ0n) is 12.2. The summed E-state index contributed by atoms with van der Waals surface area (Å²) in [6, 6.07) is 1.77. The minimum absolute atomic E-state index is 0.321. The number of piperazine rings is 1. The Morgan fingerprint density at radius 1 is 1.17 bits per heavy atom. The van der Waals surface area contributed by atoms with Gasteiger partial charge in [0.05, 0.1) is 0 Å². The molecule has 1 heterocycles. The number of hydrogen-bond acceptors (Lipinski definition) is 2. The van der Waals surface area contributed by atoms with Crippen LogP contribution in [-0.4, -0.2) is 35.6 Å². The Morgan fingerprint density at radius 3 is 2.44 bits per heavy atom. The van der Waals surface area contributed by atoms with E-state index in [4.69, 9.17) is 0 Å². The molecule has 2 bridgehead atoms. The minimum atomic E-state index is 0.321. The van der Waals surface area contributed by atoms with Gasteiger partial charge < -0.3 is 5.32 Å². The summed E-state index contributed by atoms with van der Waals surface area (Å²) in [7, 11) is 0. The lowest BCUT2D eigenvalue weighted by Crippen LogP contribution is -2.62. The zero-order valence-corrected chi connectivity index (χ0v) is 12.2. The highest BCUT2D eigenvalue weighted by Crippen LogP contribution is 2.67. The number of rotatable bonds is 2. The van der Waals surface area contributed by atoms with Crippen molar-refractivity contribution in [1.82, 2.24) is 10.2 Å². The molecule has 0 aromatic carbocycles. The topological polar surface area (TPSA) is 15.3 Å². The first kappa shape index (κ1) is 11.7. The molecule has 5 unspecified atom stereocenters. The maximum atomic E-state index is 3.73. The molecule has 3 saturated carbocycles. The average Bonchev–Trinajstić information content (AvgIpc) is 2.76. The highest BCUT2D eigenvalue weighted by Gasteiger charge is 2.67. The number of hydrogen-bond donors (Lipinski definition) is 1. The summed E-state index contributed by atoms with van der Waals surface area (Å²) in [5, 5.41) is 3.73. The van der Waals surface area contributed by atoms with Crippen LogP contribution in [0.25, 0.3) is 0 Å². The molecule has 0 aromatic rings. The summed E-state index contributed by atoms with van der Waals surface area (Å²) >= 11 is 0. The van der Waals surface area contributed by atoms with Gasteiger partial charge in [-0.05, 0) is 63.2 Å². The standard InChI is InChI=1S/C16H28N2/c1-4-12-8-17-16(2,3)9-18(12)15-13-10-5-6-11(7-10)14(13)15/h10-15,17H,4-9H2,1-3H3. The molecule has 0 radical (unpaired) electrons. The van der Waals surface area contributed by atoms with Crippen molar-refractivity contribution in [3.05, 3.63) is 0 Å². The third-order valence-electron chi connectivity index (χ3n) is 6.41. The Hall–Kier alpha value is -0.0800. The molecule has 2 heteroatoms. The zero-order chi connectivity index (χ0) is 12.5. The van der Waals surface area contributed by atoms with Gasteiger partial charge in [0.15, 0.2) is 0 Å². The average molecular weight is 248 g/mol. The Morgan fingerprint density at radius 2 is 1.83 bits per heavy atom. The molecular weight excluding hydrogens is 220 g/mol. The second-order valence-electron chi connectivity index (χ2n) is 7.98. The molecular formula is C16H28N2. The molecule has 1 aliphatic heterocycles. The number of nitrogens with zero attached hydrogens (tertiary/aromatic N) is 1.